The molecule has 2 rings (SSSR count). The van der Waals surface area contributed by atoms with E-state index in [1.807, 2.05) is 31.2 Å². The fourth-order valence-electron chi connectivity index (χ4n) is 2.21. The Morgan fingerprint density at radius 2 is 1.95 bits per heavy atom. The van der Waals surface area contributed by atoms with Gasteiger partial charge in [0.25, 0.3) is 5.69 Å². The van der Waals surface area contributed by atoms with Gasteiger partial charge in [-0.15, -0.1) is 0 Å². The monoisotopic (exact) mass is 281 g/mol. The molecular formula is C16H15N3O2. The van der Waals surface area contributed by atoms with Crippen molar-refractivity contribution < 1.29 is 4.92 Å². The van der Waals surface area contributed by atoms with Gasteiger partial charge in [0.2, 0.25) is 0 Å². The second kappa shape index (κ2) is 6.06. The topological polar surface area (TPSA) is 79.0 Å². The molecule has 0 bridgehead atoms. The largest absolute Gasteiger partial charge is 0.380 e. The minimum atomic E-state index is -0.383. The Morgan fingerprint density at radius 3 is 2.62 bits per heavy atom. The Morgan fingerprint density at radius 1 is 1.24 bits per heavy atom. The van der Waals surface area contributed by atoms with E-state index in [4.69, 9.17) is 0 Å². The van der Waals surface area contributed by atoms with Crippen molar-refractivity contribution in [2.45, 2.75) is 20.4 Å². The number of hydrogen-bond donors (Lipinski definition) is 1. The fraction of sp³-hybridized carbons (Fsp3) is 0.188. The van der Waals surface area contributed by atoms with Crippen LogP contribution in [-0.2, 0) is 6.54 Å². The summed E-state index contributed by atoms with van der Waals surface area (Å²) in [6.45, 7) is 4.05. The average Bonchev–Trinajstić information content (AvgIpc) is 2.46. The molecule has 0 spiro atoms. The highest BCUT2D eigenvalue weighted by Gasteiger charge is 2.13. The van der Waals surface area contributed by atoms with E-state index in [2.05, 4.69) is 11.4 Å². The minimum Gasteiger partial charge on any atom is -0.380 e. The Hall–Kier alpha value is -2.87. The fourth-order valence-corrected chi connectivity index (χ4v) is 2.21. The summed E-state index contributed by atoms with van der Waals surface area (Å²) in [7, 11) is 0. The van der Waals surface area contributed by atoms with E-state index in [0.717, 1.165) is 16.8 Å². The Bertz CT molecular complexity index is 733. The van der Waals surface area contributed by atoms with Crippen LogP contribution in [0.4, 0.5) is 11.4 Å². The van der Waals surface area contributed by atoms with E-state index in [-0.39, 0.29) is 10.6 Å². The molecular weight excluding hydrogens is 266 g/mol. The van der Waals surface area contributed by atoms with Gasteiger partial charge in [0, 0.05) is 18.2 Å². The van der Waals surface area contributed by atoms with Crippen LogP contribution in [0, 0.1) is 35.3 Å². The van der Waals surface area contributed by atoms with Crippen LogP contribution in [0.3, 0.4) is 0 Å². The lowest BCUT2D eigenvalue weighted by molar-refractivity contribution is -0.385. The number of nitrogens with one attached hydrogen (secondary N) is 1. The lowest BCUT2D eigenvalue weighted by atomic mass is 10.1. The third-order valence-corrected chi connectivity index (χ3v) is 3.47. The maximum absolute atomic E-state index is 10.9. The molecule has 2 aromatic rings. The first kappa shape index (κ1) is 14.5. The van der Waals surface area contributed by atoms with Crippen molar-refractivity contribution in [1.82, 2.24) is 0 Å². The van der Waals surface area contributed by atoms with Gasteiger partial charge in [-0.25, -0.2) is 0 Å². The second-order valence-electron chi connectivity index (χ2n) is 4.78. The van der Waals surface area contributed by atoms with Gasteiger partial charge in [-0.1, -0.05) is 24.3 Å². The number of nitrogens with zero attached hydrogens (tertiary/aromatic N) is 2. The summed E-state index contributed by atoms with van der Waals surface area (Å²) in [5.41, 5.74) is 3.83. The first-order valence-corrected chi connectivity index (χ1v) is 6.51. The van der Waals surface area contributed by atoms with E-state index in [1.54, 1.807) is 13.0 Å². The summed E-state index contributed by atoms with van der Waals surface area (Å²) in [6.07, 6.45) is 0. The van der Waals surface area contributed by atoms with Gasteiger partial charge in [-0.05, 0) is 31.0 Å². The predicted octanol–water partition coefficient (Wildman–Crippen LogP) is 3.70. The molecule has 0 fully saturated rings. The van der Waals surface area contributed by atoms with Crippen LogP contribution in [0.25, 0.3) is 0 Å². The standard InChI is InChI=1S/C16H15N3O2/c1-11-5-3-7-15(14(11)9-17)18-10-13-6-4-8-16(12(13)2)19(20)21/h3-8,18H,10H2,1-2H3. The Labute approximate surface area is 123 Å². The molecule has 0 atom stereocenters. The van der Waals surface area contributed by atoms with Crippen molar-refractivity contribution in [3.63, 3.8) is 0 Å². The van der Waals surface area contributed by atoms with Gasteiger partial charge in [-0.2, -0.15) is 5.26 Å². The molecule has 21 heavy (non-hydrogen) atoms. The molecule has 0 heterocycles. The van der Waals surface area contributed by atoms with Crippen molar-refractivity contribution >= 4 is 11.4 Å². The molecule has 1 N–H and O–H groups in total. The predicted molar refractivity (Wildman–Crippen MR) is 81.1 cm³/mol. The van der Waals surface area contributed by atoms with Gasteiger partial charge in [-0.3, -0.25) is 10.1 Å². The molecule has 0 radical (unpaired) electrons. The first-order chi connectivity index (χ1) is 10.0. The van der Waals surface area contributed by atoms with E-state index < -0.39 is 0 Å². The van der Waals surface area contributed by atoms with Crippen LogP contribution >= 0.6 is 0 Å². The van der Waals surface area contributed by atoms with Crippen LogP contribution in [0.1, 0.15) is 22.3 Å². The van der Waals surface area contributed by atoms with Crippen molar-refractivity contribution in [2.75, 3.05) is 5.32 Å². The van der Waals surface area contributed by atoms with Gasteiger partial charge >= 0.3 is 0 Å². The Balaban J connectivity index is 2.26. The van der Waals surface area contributed by atoms with Crippen LogP contribution in [0.15, 0.2) is 36.4 Å². The number of nitro groups is 1. The number of hydrogen-bond acceptors (Lipinski definition) is 4. The normalized spacial score (nSPS) is 9.95. The van der Waals surface area contributed by atoms with Crippen LogP contribution in [0.5, 0.6) is 0 Å². The van der Waals surface area contributed by atoms with Crippen molar-refractivity contribution in [3.05, 3.63) is 68.8 Å². The zero-order valence-corrected chi connectivity index (χ0v) is 11.9. The van der Waals surface area contributed by atoms with E-state index in [0.29, 0.717) is 17.7 Å². The number of nitro benzene ring substituents is 1. The number of benzene rings is 2. The molecule has 0 saturated carbocycles. The zero-order chi connectivity index (χ0) is 15.4. The molecule has 0 amide bonds. The summed E-state index contributed by atoms with van der Waals surface area (Å²) in [4.78, 5) is 10.6. The summed E-state index contributed by atoms with van der Waals surface area (Å²) in [5, 5.41) is 23.3. The summed E-state index contributed by atoms with van der Waals surface area (Å²) in [5.74, 6) is 0. The zero-order valence-electron chi connectivity index (χ0n) is 11.9. The lowest BCUT2D eigenvalue weighted by Crippen LogP contribution is -2.05. The number of nitriles is 1. The third-order valence-electron chi connectivity index (χ3n) is 3.47. The van der Waals surface area contributed by atoms with Crippen LogP contribution < -0.4 is 5.32 Å². The van der Waals surface area contributed by atoms with Crippen molar-refractivity contribution in [3.8, 4) is 6.07 Å². The minimum absolute atomic E-state index is 0.110. The molecule has 2 aromatic carbocycles. The third kappa shape index (κ3) is 3.00. The molecule has 0 saturated heterocycles. The SMILES string of the molecule is Cc1cccc(NCc2cccc([N+](=O)[O-])c2C)c1C#N. The smallest absolute Gasteiger partial charge is 0.272 e. The van der Waals surface area contributed by atoms with Crippen molar-refractivity contribution in [2.24, 2.45) is 0 Å². The highest BCUT2D eigenvalue weighted by atomic mass is 16.6. The number of anilines is 1. The molecule has 106 valence electrons. The lowest BCUT2D eigenvalue weighted by Gasteiger charge is -2.11. The summed E-state index contributed by atoms with van der Waals surface area (Å²) < 4.78 is 0. The van der Waals surface area contributed by atoms with Crippen LogP contribution in [0.2, 0.25) is 0 Å². The van der Waals surface area contributed by atoms with E-state index >= 15 is 0 Å². The summed E-state index contributed by atoms with van der Waals surface area (Å²) >= 11 is 0. The molecule has 0 aliphatic heterocycles. The molecule has 0 aliphatic rings. The molecule has 0 aromatic heterocycles. The maximum Gasteiger partial charge on any atom is 0.272 e. The molecule has 0 aliphatic carbocycles. The van der Waals surface area contributed by atoms with Crippen molar-refractivity contribution in [1.29, 1.82) is 5.26 Å². The highest BCUT2D eigenvalue weighted by molar-refractivity contribution is 5.61. The quantitative estimate of drug-likeness (QED) is 0.684. The molecule has 5 nitrogen and oxygen atoms in total. The maximum atomic E-state index is 10.9. The van der Waals surface area contributed by atoms with Gasteiger partial charge < -0.3 is 5.32 Å². The van der Waals surface area contributed by atoms with Gasteiger partial charge in [0.05, 0.1) is 16.2 Å². The van der Waals surface area contributed by atoms with Gasteiger partial charge in [0.15, 0.2) is 0 Å². The molecule has 5 heteroatoms. The Kier molecular flexibility index (Phi) is 4.19. The van der Waals surface area contributed by atoms with Gasteiger partial charge in [0.1, 0.15) is 6.07 Å². The number of rotatable bonds is 4. The second-order valence-corrected chi connectivity index (χ2v) is 4.78. The average molecular weight is 281 g/mol. The molecule has 0 unspecified atom stereocenters. The van der Waals surface area contributed by atoms with Crippen LogP contribution in [-0.4, -0.2) is 4.92 Å². The number of aryl methyl sites for hydroxylation is 1. The summed E-state index contributed by atoms with van der Waals surface area (Å²) in [6, 6.07) is 12.8. The van der Waals surface area contributed by atoms with E-state index in [9.17, 15) is 15.4 Å². The van der Waals surface area contributed by atoms with E-state index in [1.165, 1.54) is 6.07 Å². The highest BCUT2D eigenvalue weighted by Crippen LogP contribution is 2.23. The first-order valence-electron chi connectivity index (χ1n) is 6.51.